The lowest BCUT2D eigenvalue weighted by Gasteiger charge is -2.31. The molecule has 2 fully saturated rings. The second kappa shape index (κ2) is 7.00. The van der Waals surface area contributed by atoms with E-state index >= 15 is 0 Å². The smallest absolute Gasteiger partial charge is 0.223 e. The Kier molecular flexibility index (Phi) is 4.57. The summed E-state index contributed by atoms with van der Waals surface area (Å²) in [4.78, 5) is 14.4. The monoisotopic (exact) mass is 356 g/mol. The Hall–Kier alpha value is -2.14. The summed E-state index contributed by atoms with van der Waals surface area (Å²) in [6.45, 7) is 1.69. The molecule has 1 aliphatic carbocycles. The van der Waals surface area contributed by atoms with Gasteiger partial charge in [0.1, 0.15) is 0 Å². The fraction of sp³-hybridized carbons (Fsp3) is 0.421. The van der Waals surface area contributed by atoms with E-state index in [0.717, 1.165) is 55.8 Å². The molecule has 1 aliphatic heterocycles. The summed E-state index contributed by atoms with van der Waals surface area (Å²) in [5.41, 5.74) is 1.83. The number of amides is 1. The van der Waals surface area contributed by atoms with Gasteiger partial charge in [0.15, 0.2) is 5.82 Å². The second-order valence-corrected chi connectivity index (χ2v) is 7.26. The Morgan fingerprint density at radius 1 is 1.00 bits per heavy atom. The van der Waals surface area contributed by atoms with Crippen molar-refractivity contribution in [3.63, 3.8) is 0 Å². The number of carbonyl (C=O) groups is 1. The van der Waals surface area contributed by atoms with Crippen molar-refractivity contribution in [3.05, 3.63) is 41.4 Å². The zero-order chi connectivity index (χ0) is 17.2. The van der Waals surface area contributed by atoms with E-state index in [9.17, 15) is 4.79 Å². The first-order valence-corrected chi connectivity index (χ1v) is 9.22. The van der Waals surface area contributed by atoms with Gasteiger partial charge in [-0.3, -0.25) is 4.79 Å². The highest BCUT2D eigenvalue weighted by atomic mass is 35.5. The molecule has 2 aliphatic rings. The van der Waals surface area contributed by atoms with Crippen molar-refractivity contribution in [2.75, 3.05) is 18.0 Å². The van der Waals surface area contributed by atoms with Crippen LogP contribution < -0.4 is 10.2 Å². The predicted octanol–water partition coefficient (Wildman–Crippen LogP) is 3.29. The van der Waals surface area contributed by atoms with E-state index in [1.807, 2.05) is 36.4 Å². The fourth-order valence-electron chi connectivity index (χ4n) is 3.19. The average Bonchev–Trinajstić information content (AvgIpc) is 3.47. The molecule has 5 nitrogen and oxygen atoms in total. The Morgan fingerprint density at radius 3 is 2.32 bits per heavy atom. The Labute approximate surface area is 152 Å². The molecular formula is C19H21ClN4O. The lowest BCUT2D eigenvalue weighted by Crippen LogP contribution is -2.41. The van der Waals surface area contributed by atoms with Crippen molar-refractivity contribution in [1.82, 2.24) is 15.5 Å². The third-order valence-corrected chi connectivity index (χ3v) is 5.16. The highest BCUT2D eigenvalue weighted by Crippen LogP contribution is 2.25. The van der Waals surface area contributed by atoms with Crippen LogP contribution in [-0.4, -0.2) is 35.2 Å². The lowest BCUT2D eigenvalue weighted by atomic mass is 9.96. The number of carbonyl (C=O) groups excluding carboxylic acids is 1. The van der Waals surface area contributed by atoms with Crippen LogP contribution in [0.1, 0.15) is 25.7 Å². The molecule has 2 heterocycles. The summed E-state index contributed by atoms with van der Waals surface area (Å²) in [6.07, 6.45) is 4.03. The topological polar surface area (TPSA) is 58.1 Å². The van der Waals surface area contributed by atoms with Crippen molar-refractivity contribution in [3.8, 4) is 11.3 Å². The van der Waals surface area contributed by atoms with Crippen LogP contribution >= 0.6 is 11.6 Å². The zero-order valence-corrected chi connectivity index (χ0v) is 14.7. The summed E-state index contributed by atoms with van der Waals surface area (Å²) in [7, 11) is 0. The van der Waals surface area contributed by atoms with Gasteiger partial charge in [0, 0.05) is 35.6 Å². The number of hydrogen-bond donors (Lipinski definition) is 1. The van der Waals surface area contributed by atoms with Crippen molar-refractivity contribution < 1.29 is 4.79 Å². The molecule has 0 radical (unpaired) electrons. The normalized spacial score (nSPS) is 18.2. The van der Waals surface area contributed by atoms with Crippen LogP contribution in [0.5, 0.6) is 0 Å². The van der Waals surface area contributed by atoms with Gasteiger partial charge < -0.3 is 10.2 Å². The van der Waals surface area contributed by atoms with Gasteiger partial charge in [-0.05, 0) is 49.9 Å². The maximum atomic E-state index is 12.2. The molecule has 1 saturated heterocycles. The first-order valence-electron chi connectivity index (χ1n) is 8.84. The van der Waals surface area contributed by atoms with Gasteiger partial charge in [0.25, 0.3) is 0 Å². The second-order valence-electron chi connectivity index (χ2n) is 6.83. The van der Waals surface area contributed by atoms with E-state index in [2.05, 4.69) is 20.4 Å². The average molecular weight is 357 g/mol. The van der Waals surface area contributed by atoms with Crippen LogP contribution in [0.3, 0.4) is 0 Å². The number of aromatic nitrogens is 2. The number of anilines is 1. The maximum absolute atomic E-state index is 12.2. The molecule has 1 saturated carbocycles. The molecule has 1 aromatic carbocycles. The van der Waals surface area contributed by atoms with Crippen LogP contribution in [0.2, 0.25) is 5.02 Å². The molecule has 2 aromatic rings. The largest absolute Gasteiger partial charge is 0.355 e. The van der Waals surface area contributed by atoms with Crippen molar-refractivity contribution in [1.29, 1.82) is 0 Å². The van der Waals surface area contributed by atoms with Crippen molar-refractivity contribution >= 4 is 23.3 Å². The van der Waals surface area contributed by atoms with E-state index in [-0.39, 0.29) is 11.8 Å². The number of halogens is 1. The number of hydrogen-bond acceptors (Lipinski definition) is 4. The third kappa shape index (κ3) is 3.93. The van der Waals surface area contributed by atoms with E-state index in [1.165, 1.54) is 0 Å². The fourth-order valence-corrected chi connectivity index (χ4v) is 3.31. The number of benzene rings is 1. The van der Waals surface area contributed by atoms with Crippen LogP contribution in [0.15, 0.2) is 36.4 Å². The SMILES string of the molecule is O=C(NC1CC1)C1CCN(c2ccc(-c3ccc(Cl)cc3)nn2)CC1. The number of rotatable bonds is 4. The zero-order valence-electron chi connectivity index (χ0n) is 14.0. The lowest BCUT2D eigenvalue weighted by molar-refractivity contribution is -0.125. The Bertz CT molecular complexity index is 735. The summed E-state index contributed by atoms with van der Waals surface area (Å²) in [6, 6.07) is 12.0. The summed E-state index contributed by atoms with van der Waals surface area (Å²) >= 11 is 5.92. The number of piperidine rings is 1. The minimum atomic E-state index is 0.137. The van der Waals surface area contributed by atoms with Gasteiger partial charge in [-0.25, -0.2) is 0 Å². The van der Waals surface area contributed by atoms with Crippen LogP contribution in [0.4, 0.5) is 5.82 Å². The minimum absolute atomic E-state index is 0.137. The van der Waals surface area contributed by atoms with Gasteiger partial charge in [-0.1, -0.05) is 23.7 Å². The van der Waals surface area contributed by atoms with Crippen molar-refractivity contribution in [2.24, 2.45) is 5.92 Å². The highest BCUT2D eigenvalue weighted by molar-refractivity contribution is 6.30. The molecule has 130 valence electrons. The molecule has 0 spiro atoms. The third-order valence-electron chi connectivity index (χ3n) is 4.90. The maximum Gasteiger partial charge on any atom is 0.223 e. The van der Waals surface area contributed by atoms with Gasteiger partial charge in [0.2, 0.25) is 5.91 Å². The Morgan fingerprint density at radius 2 is 1.72 bits per heavy atom. The van der Waals surface area contributed by atoms with Crippen molar-refractivity contribution in [2.45, 2.75) is 31.7 Å². The summed E-state index contributed by atoms with van der Waals surface area (Å²) < 4.78 is 0. The van der Waals surface area contributed by atoms with Crippen LogP contribution in [0.25, 0.3) is 11.3 Å². The molecule has 0 unspecified atom stereocenters. The Balaban J connectivity index is 1.36. The van der Waals surface area contributed by atoms with Gasteiger partial charge >= 0.3 is 0 Å². The predicted molar refractivity (Wildman–Crippen MR) is 98.6 cm³/mol. The van der Waals surface area contributed by atoms with E-state index < -0.39 is 0 Å². The number of nitrogens with zero attached hydrogens (tertiary/aromatic N) is 3. The highest BCUT2D eigenvalue weighted by Gasteiger charge is 2.30. The number of nitrogens with one attached hydrogen (secondary N) is 1. The molecular weight excluding hydrogens is 336 g/mol. The molecule has 1 amide bonds. The van der Waals surface area contributed by atoms with Gasteiger partial charge in [-0.2, -0.15) is 0 Å². The quantitative estimate of drug-likeness (QED) is 0.913. The molecule has 1 N–H and O–H groups in total. The van der Waals surface area contributed by atoms with Gasteiger partial charge in [0.05, 0.1) is 5.69 Å². The minimum Gasteiger partial charge on any atom is -0.355 e. The molecule has 0 bridgehead atoms. The van der Waals surface area contributed by atoms with E-state index in [4.69, 9.17) is 11.6 Å². The van der Waals surface area contributed by atoms with Gasteiger partial charge in [-0.15, -0.1) is 10.2 Å². The van der Waals surface area contributed by atoms with E-state index in [1.54, 1.807) is 0 Å². The molecule has 0 atom stereocenters. The van der Waals surface area contributed by atoms with Crippen LogP contribution in [0, 0.1) is 5.92 Å². The summed E-state index contributed by atoms with van der Waals surface area (Å²) in [5, 5.41) is 12.5. The van der Waals surface area contributed by atoms with Crippen LogP contribution in [-0.2, 0) is 4.79 Å². The molecule has 25 heavy (non-hydrogen) atoms. The molecule has 4 rings (SSSR count). The van der Waals surface area contributed by atoms with E-state index in [0.29, 0.717) is 11.1 Å². The summed E-state index contributed by atoms with van der Waals surface area (Å²) in [5.74, 6) is 1.24. The standard InChI is InChI=1S/C19H21ClN4O/c20-15-3-1-13(2-4-15)17-7-8-18(23-22-17)24-11-9-14(10-12-24)19(25)21-16-5-6-16/h1-4,7-8,14,16H,5-6,9-12H2,(H,21,25). The molecule has 1 aromatic heterocycles. The first-order chi connectivity index (χ1) is 12.2. The first kappa shape index (κ1) is 16.3. The molecule has 6 heteroatoms.